The lowest BCUT2D eigenvalue weighted by molar-refractivity contribution is -0.0498. The molecule has 0 aliphatic carbocycles. The van der Waals surface area contributed by atoms with E-state index in [1.54, 1.807) is 18.3 Å². The van der Waals surface area contributed by atoms with Crippen molar-refractivity contribution >= 4 is 12.4 Å². The average molecular weight is 359 g/mol. The van der Waals surface area contributed by atoms with Crippen LogP contribution in [0.2, 0.25) is 0 Å². The Bertz CT molecular complexity index is 635. The summed E-state index contributed by atoms with van der Waals surface area (Å²) < 4.78 is 30.8. The first-order chi connectivity index (χ1) is 11.1. The second-order valence-electron chi connectivity index (χ2n) is 5.61. The molecule has 1 N–H and O–H groups in total. The summed E-state index contributed by atoms with van der Waals surface area (Å²) in [4.78, 5) is 6.81. The number of hydrogen-bond acceptors (Lipinski definition) is 4. The average Bonchev–Trinajstić information content (AvgIpc) is 2.95. The van der Waals surface area contributed by atoms with Gasteiger partial charge in [0.15, 0.2) is 0 Å². The number of rotatable bonds is 5. The van der Waals surface area contributed by atoms with E-state index >= 15 is 0 Å². The van der Waals surface area contributed by atoms with Gasteiger partial charge < -0.3 is 14.6 Å². The van der Waals surface area contributed by atoms with Gasteiger partial charge in [0.2, 0.25) is 0 Å². The van der Waals surface area contributed by atoms with Crippen LogP contribution >= 0.6 is 12.4 Å². The molecule has 1 fully saturated rings. The van der Waals surface area contributed by atoms with E-state index in [1.807, 2.05) is 29.9 Å². The number of halogens is 3. The first kappa shape index (κ1) is 18.6. The van der Waals surface area contributed by atoms with Gasteiger partial charge in [-0.1, -0.05) is 12.1 Å². The molecule has 1 atom stereocenters. The molecule has 24 heavy (non-hydrogen) atoms. The Morgan fingerprint density at radius 2 is 2.08 bits per heavy atom. The molecule has 132 valence electrons. The van der Waals surface area contributed by atoms with E-state index in [1.165, 1.54) is 0 Å². The molecule has 1 aliphatic rings. The highest BCUT2D eigenvalue weighted by molar-refractivity contribution is 5.85. The van der Waals surface area contributed by atoms with E-state index < -0.39 is 6.61 Å². The standard InChI is InChI=1S/C16H20F2N4O.ClH/c1-21-8-7-20-15(21)14-10-19-6-9-22(14)11-12-2-4-13(5-3-12)23-16(17)18;/h2-5,7-8,14,16,19H,6,9-11H2,1H3;1H. The van der Waals surface area contributed by atoms with Crippen molar-refractivity contribution in [2.75, 3.05) is 19.6 Å². The molecule has 0 amide bonds. The van der Waals surface area contributed by atoms with E-state index in [4.69, 9.17) is 0 Å². The second-order valence-corrected chi connectivity index (χ2v) is 5.61. The normalized spacial score (nSPS) is 18.4. The third kappa shape index (κ3) is 4.43. The lowest BCUT2D eigenvalue weighted by atomic mass is 10.1. The Kier molecular flexibility index (Phi) is 6.53. The number of aromatic nitrogens is 2. The molecule has 2 aromatic rings. The number of hydrogen-bond donors (Lipinski definition) is 1. The molecule has 1 aromatic heterocycles. The van der Waals surface area contributed by atoms with Crippen LogP contribution < -0.4 is 10.1 Å². The lowest BCUT2D eigenvalue weighted by Crippen LogP contribution is -2.46. The highest BCUT2D eigenvalue weighted by Gasteiger charge is 2.26. The fourth-order valence-electron chi connectivity index (χ4n) is 2.90. The summed E-state index contributed by atoms with van der Waals surface area (Å²) in [6.07, 6.45) is 3.75. The van der Waals surface area contributed by atoms with E-state index in [0.29, 0.717) is 0 Å². The number of nitrogens with one attached hydrogen (secondary N) is 1. The summed E-state index contributed by atoms with van der Waals surface area (Å²) in [7, 11) is 1.99. The summed E-state index contributed by atoms with van der Waals surface area (Å²) >= 11 is 0. The van der Waals surface area contributed by atoms with Crippen LogP contribution in [0.25, 0.3) is 0 Å². The van der Waals surface area contributed by atoms with Crippen LogP contribution in [-0.4, -0.2) is 40.7 Å². The van der Waals surface area contributed by atoms with Gasteiger partial charge in [-0.25, -0.2) is 4.98 Å². The molecule has 1 aliphatic heterocycles. The molecule has 8 heteroatoms. The van der Waals surface area contributed by atoms with Gasteiger partial charge in [0.25, 0.3) is 0 Å². The molecule has 2 heterocycles. The highest BCUT2D eigenvalue weighted by atomic mass is 35.5. The molecule has 1 aromatic carbocycles. The molecule has 5 nitrogen and oxygen atoms in total. The number of ether oxygens (including phenoxy) is 1. The van der Waals surface area contributed by atoms with Crippen molar-refractivity contribution in [1.82, 2.24) is 19.8 Å². The van der Waals surface area contributed by atoms with E-state index in [2.05, 4.69) is 19.9 Å². The third-order valence-corrected chi connectivity index (χ3v) is 4.04. The molecule has 1 unspecified atom stereocenters. The summed E-state index contributed by atoms with van der Waals surface area (Å²) in [6.45, 7) is 0.633. The van der Waals surface area contributed by atoms with Crippen molar-refractivity contribution in [2.45, 2.75) is 19.2 Å². The minimum atomic E-state index is -2.79. The van der Waals surface area contributed by atoms with Crippen LogP contribution in [0.5, 0.6) is 5.75 Å². The van der Waals surface area contributed by atoms with Gasteiger partial charge in [-0.2, -0.15) is 8.78 Å². The largest absolute Gasteiger partial charge is 0.435 e. The Morgan fingerprint density at radius 1 is 1.33 bits per heavy atom. The SMILES string of the molecule is Cl.Cn1ccnc1C1CNCCN1Cc1ccc(OC(F)F)cc1. The number of piperazine rings is 1. The molecule has 0 radical (unpaired) electrons. The number of benzene rings is 1. The monoisotopic (exact) mass is 358 g/mol. The fourth-order valence-corrected chi connectivity index (χ4v) is 2.90. The maximum absolute atomic E-state index is 12.2. The summed E-state index contributed by atoms with van der Waals surface area (Å²) in [5, 5.41) is 3.40. The number of nitrogens with zero attached hydrogens (tertiary/aromatic N) is 3. The summed E-state index contributed by atoms with van der Waals surface area (Å²) in [6, 6.07) is 7.02. The van der Waals surface area contributed by atoms with Crippen LogP contribution in [0.1, 0.15) is 17.4 Å². The Labute approximate surface area is 146 Å². The predicted molar refractivity (Wildman–Crippen MR) is 89.6 cm³/mol. The first-order valence-electron chi connectivity index (χ1n) is 7.59. The Balaban J connectivity index is 0.00000208. The molecule has 3 rings (SSSR count). The van der Waals surface area contributed by atoms with Gasteiger partial charge in [0.1, 0.15) is 11.6 Å². The van der Waals surface area contributed by atoms with Gasteiger partial charge in [0, 0.05) is 45.6 Å². The van der Waals surface area contributed by atoms with Crippen LogP contribution in [0.3, 0.4) is 0 Å². The van der Waals surface area contributed by atoms with E-state index in [9.17, 15) is 8.78 Å². The molecular formula is C16H21ClF2N4O. The molecule has 0 spiro atoms. The maximum atomic E-state index is 12.2. The maximum Gasteiger partial charge on any atom is 0.387 e. The zero-order valence-corrected chi connectivity index (χ0v) is 14.2. The number of alkyl halides is 2. The van der Waals surface area contributed by atoms with Crippen molar-refractivity contribution in [3.8, 4) is 5.75 Å². The quantitative estimate of drug-likeness (QED) is 0.892. The van der Waals surface area contributed by atoms with Crippen molar-refractivity contribution in [3.05, 3.63) is 48.0 Å². The summed E-state index contributed by atoms with van der Waals surface area (Å²) in [5.41, 5.74) is 1.06. The minimum Gasteiger partial charge on any atom is -0.435 e. The van der Waals surface area contributed by atoms with Crippen LogP contribution in [0.4, 0.5) is 8.78 Å². The number of aryl methyl sites for hydroxylation is 1. The van der Waals surface area contributed by atoms with Gasteiger partial charge >= 0.3 is 6.61 Å². The van der Waals surface area contributed by atoms with E-state index in [0.717, 1.165) is 37.6 Å². The summed E-state index contributed by atoms with van der Waals surface area (Å²) in [5.74, 6) is 1.21. The lowest BCUT2D eigenvalue weighted by Gasteiger charge is -2.35. The molecular weight excluding hydrogens is 338 g/mol. The first-order valence-corrected chi connectivity index (χ1v) is 7.59. The Hall–Kier alpha value is -1.70. The smallest absolute Gasteiger partial charge is 0.387 e. The number of imidazole rings is 1. The van der Waals surface area contributed by atoms with Crippen LogP contribution in [0.15, 0.2) is 36.7 Å². The topological polar surface area (TPSA) is 42.3 Å². The van der Waals surface area contributed by atoms with Gasteiger partial charge in [-0.3, -0.25) is 4.90 Å². The van der Waals surface area contributed by atoms with Crippen molar-refractivity contribution in [1.29, 1.82) is 0 Å². The Morgan fingerprint density at radius 3 is 2.71 bits per heavy atom. The van der Waals surface area contributed by atoms with Crippen LogP contribution in [0, 0.1) is 0 Å². The molecule has 1 saturated heterocycles. The minimum absolute atomic E-state index is 0. The van der Waals surface area contributed by atoms with Crippen molar-refractivity contribution < 1.29 is 13.5 Å². The second kappa shape index (κ2) is 8.41. The molecule has 0 saturated carbocycles. The zero-order valence-electron chi connectivity index (χ0n) is 13.4. The predicted octanol–water partition coefficient (Wildman–Crippen LogP) is 2.59. The highest BCUT2D eigenvalue weighted by Crippen LogP contribution is 2.23. The molecule has 0 bridgehead atoms. The van der Waals surface area contributed by atoms with Crippen molar-refractivity contribution in [2.24, 2.45) is 7.05 Å². The van der Waals surface area contributed by atoms with Crippen LogP contribution in [-0.2, 0) is 13.6 Å². The van der Waals surface area contributed by atoms with Crippen molar-refractivity contribution in [3.63, 3.8) is 0 Å². The third-order valence-electron chi connectivity index (χ3n) is 4.04. The van der Waals surface area contributed by atoms with Gasteiger partial charge in [-0.15, -0.1) is 12.4 Å². The zero-order chi connectivity index (χ0) is 16.2. The van der Waals surface area contributed by atoms with Gasteiger partial charge in [-0.05, 0) is 17.7 Å². The fraction of sp³-hybridized carbons (Fsp3) is 0.438. The van der Waals surface area contributed by atoms with Gasteiger partial charge in [0.05, 0.1) is 6.04 Å². The van der Waals surface area contributed by atoms with E-state index in [-0.39, 0.29) is 24.2 Å².